The topological polar surface area (TPSA) is 26.3 Å². The first-order valence-corrected chi connectivity index (χ1v) is 7.32. The quantitative estimate of drug-likeness (QED) is 0.752. The SMILES string of the molecule is COc1cccc(C(=O)C(C)Cc2ccc(Br)cc2)c1. The van der Waals surface area contributed by atoms with Crippen molar-refractivity contribution < 1.29 is 9.53 Å². The van der Waals surface area contributed by atoms with Crippen LogP contribution in [0, 0.1) is 5.92 Å². The van der Waals surface area contributed by atoms with E-state index in [0.717, 1.165) is 16.5 Å². The fraction of sp³-hybridized carbons (Fsp3) is 0.235. The average Bonchev–Trinajstić information content (AvgIpc) is 2.48. The molecular formula is C17H17BrO2. The maximum absolute atomic E-state index is 12.4. The molecule has 104 valence electrons. The first kappa shape index (κ1) is 14.8. The lowest BCUT2D eigenvalue weighted by atomic mass is 9.93. The first-order chi connectivity index (χ1) is 9.60. The van der Waals surface area contributed by atoms with Crippen molar-refractivity contribution in [2.75, 3.05) is 7.11 Å². The molecule has 0 fully saturated rings. The van der Waals surface area contributed by atoms with E-state index in [1.54, 1.807) is 13.2 Å². The van der Waals surface area contributed by atoms with Crippen molar-refractivity contribution >= 4 is 21.7 Å². The van der Waals surface area contributed by atoms with Gasteiger partial charge in [0, 0.05) is 16.0 Å². The summed E-state index contributed by atoms with van der Waals surface area (Å²) >= 11 is 3.41. The lowest BCUT2D eigenvalue weighted by Crippen LogP contribution is -2.14. The third kappa shape index (κ3) is 3.70. The van der Waals surface area contributed by atoms with Crippen molar-refractivity contribution in [1.29, 1.82) is 0 Å². The number of hydrogen-bond donors (Lipinski definition) is 0. The smallest absolute Gasteiger partial charge is 0.166 e. The molecule has 0 saturated heterocycles. The molecule has 0 heterocycles. The normalized spacial score (nSPS) is 11.9. The van der Waals surface area contributed by atoms with Crippen molar-refractivity contribution in [2.24, 2.45) is 5.92 Å². The molecule has 1 atom stereocenters. The van der Waals surface area contributed by atoms with E-state index in [1.807, 2.05) is 49.4 Å². The van der Waals surface area contributed by atoms with Gasteiger partial charge in [-0.3, -0.25) is 4.79 Å². The van der Waals surface area contributed by atoms with Crippen molar-refractivity contribution in [3.63, 3.8) is 0 Å². The van der Waals surface area contributed by atoms with E-state index in [0.29, 0.717) is 11.3 Å². The van der Waals surface area contributed by atoms with Crippen LogP contribution in [0.1, 0.15) is 22.8 Å². The van der Waals surface area contributed by atoms with Gasteiger partial charge in [-0.2, -0.15) is 0 Å². The van der Waals surface area contributed by atoms with Crippen LogP contribution in [0.3, 0.4) is 0 Å². The highest BCUT2D eigenvalue weighted by molar-refractivity contribution is 9.10. The minimum absolute atomic E-state index is 0.0525. The van der Waals surface area contributed by atoms with Crippen LogP contribution in [-0.4, -0.2) is 12.9 Å². The molecule has 0 aromatic heterocycles. The molecule has 1 unspecified atom stereocenters. The Morgan fingerprint density at radius 3 is 2.55 bits per heavy atom. The van der Waals surface area contributed by atoms with Gasteiger partial charge in [0.15, 0.2) is 5.78 Å². The summed E-state index contributed by atoms with van der Waals surface area (Å²) in [7, 11) is 1.61. The molecule has 2 nitrogen and oxygen atoms in total. The highest BCUT2D eigenvalue weighted by Crippen LogP contribution is 2.19. The number of carbonyl (C=O) groups is 1. The molecular weight excluding hydrogens is 316 g/mol. The Morgan fingerprint density at radius 2 is 1.90 bits per heavy atom. The largest absolute Gasteiger partial charge is 0.497 e. The molecule has 2 aromatic rings. The minimum atomic E-state index is -0.0525. The van der Waals surface area contributed by atoms with Gasteiger partial charge in [-0.1, -0.05) is 47.1 Å². The van der Waals surface area contributed by atoms with Crippen LogP contribution in [0.25, 0.3) is 0 Å². The van der Waals surface area contributed by atoms with Crippen LogP contribution in [0.5, 0.6) is 5.75 Å². The molecule has 2 rings (SSSR count). The molecule has 20 heavy (non-hydrogen) atoms. The highest BCUT2D eigenvalue weighted by atomic mass is 79.9. The van der Waals surface area contributed by atoms with Gasteiger partial charge in [-0.15, -0.1) is 0 Å². The van der Waals surface area contributed by atoms with Crippen LogP contribution in [0.2, 0.25) is 0 Å². The first-order valence-electron chi connectivity index (χ1n) is 6.53. The summed E-state index contributed by atoms with van der Waals surface area (Å²) in [6.45, 7) is 1.96. The van der Waals surface area contributed by atoms with Crippen LogP contribution < -0.4 is 4.74 Å². The molecule has 0 radical (unpaired) electrons. The van der Waals surface area contributed by atoms with Crippen molar-refractivity contribution in [3.8, 4) is 5.75 Å². The lowest BCUT2D eigenvalue weighted by molar-refractivity contribution is 0.0929. The molecule has 0 amide bonds. The van der Waals surface area contributed by atoms with Crippen LogP contribution in [-0.2, 0) is 6.42 Å². The Bertz CT molecular complexity index is 590. The molecule has 0 aliphatic rings. The van der Waals surface area contributed by atoms with Crippen LogP contribution >= 0.6 is 15.9 Å². The Balaban J connectivity index is 2.09. The lowest BCUT2D eigenvalue weighted by Gasteiger charge is -2.11. The zero-order valence-electron chi connectivity index (χ0n) is 11.6. The molecule has 0 N–H and O–H groups in total. The van der Waals surface area contributed by atoms with Crippen molar-refractivity contribution in [1.82, 2.24) is 0 Å². The van der Waals surface area contributed by atoms with Crippen LogP contribution in [0.15, 0.2) is 53.0 Å². The van der Waals surface area contributed by atoms with Gasteiger partial charge in [0.05, 0.1) is 7.11 Å². The minimum Gasteiger partial charge on any atom is -0.497 e. The number of ketones is 1. The molecule has 3 heteroatoms. The fourth-order valence-corrected chi connectivity index (χ4v) is 2.39. The summed E-state index contributed by atoms with van der Waals surface area (Å²) in [6, 6.07) is 15.4. The number of methoxy groups -OCH3 is 1. The predicted molar refractivity (Wildman–Crippen MR) is 84.3 cm³/mol. The molecule has 0 aliphatic heterocycles. The average molecular weight is 333 g/mol. The molecule has 0 saturated carbocycles. The monoisotopic (exact) mass is 332 g/mol. The van der Waals surface area contributed by atoms with Gasteiger partial charge in [-0.25, -0.2) is 0 Å². The van der Waals surface area contributed by atoms with Gasteiger partial charge >= 0.3 is 0 Å². The van der Waals surface area contributed by atoms with Gasteiger partial charge < -0.3 is 4.74 Å². The summed E-state index contributed by atoms with van der Waals surface area (Å²) in [5.74, 6) is 0.807. The number of ether oxygens (including phenoxy) is 1. The Labute approximate surface area is 127 Å². The van der Waals surface area contributed by atoms with E-state index in [1.165, 1.54) is 0 Å². The Hall–Kier alpha value is -1.61. The second kappa shape index (κ2) is 6.71. The summed E-state index contributed by atoms with van der Waals surface area (Å²) in [5.41, 5.74) is 1.87. The number of halogens is 1. The van der Waals surface area contributed by atoms with Crippen molar-refractivity contribution in [2.45, 2.75) is 13.3 Å². The van der Waals surface area contributed by atoms with Gasteiger partial charge in [0.1, 0.15) is 5.75 Å². The summed E-state index contributed by atoms with van der Waals surface area (Å²) in [6.07, 6.45) is 0.739. The predicted octanol–water partition coefficient (Wildman–Crippen LogP) is 4.52. The van der Waals surface area contributed by atoms with E-state index in [4.69, 9.17) is 4.74 Å². The maximum Gasteiger partial charge on any atom is 0.166 e. The maximum atomic E-state index is 12.4. The molecule has 0 spiro atoms. The fourth-order valence-electron chi connectivity index (χ4n) is 2.13. The zero-order valence-corrected chi connectivity index (χ0v) is 13.2. The van der Waals surface area contributed by atoms with E-state index in [2.05, 4.69) is 15.9 Å². The summed E-state index contributed by atoms with van der Waals surface area (Å²) in [5, 5.41) is 0. The third-order valence-corrected chi connectivity index (χ3v) is 3.79. The molecule has 2 aromatic carbocycles. The summed E-state index contributed by atoms with van der Waals surface area (Å²) < 4.78 is 6.21. The zero-order chi connectivity index (χ0) is 14.5. The van der Waals surface area contributed by atoms with Gasteiger partial charge in [0.2, 0.25) is 0 Å². The van der Waals surface area contributed by atoms with E-state index in [-0.39, 0.29) is 11.7 Å². The number of Topliss-reactive ketones (excluding diaryl/α,β-unsaturated/α-hetero) is 1. The van der Waals surface area contributed by atoms with E-state index in [9.17, 15) is 4.79 Å². The number of rotatable bonds is 5. The van der Waals surface area contributed by atoms with Crippen molar-refractivity contribution in [3.05, 3.63) is 64.1 Å². The van der Waals surface area contributed by atoms with Gasteiger partial charge in [0.25, 0.3) is 0 Å². The number of benzene rings is 2. The number of hydrogen-bond acceptors (Lipinski definition) is 2. The molecule has 0 bridgehead atoms. The highest BCUT2D eigenvalue weighted by Gasteiger charge is 2.16. The van der Waals surface area contributed by atoms with E-state index >= 15 is 0 Å². The standard InChI is InChI=1S/C17H17BrO2/c1-12(10-13-6-8-15(18)9-7-13)17(19)14-4-3-5-16(11-14)20-2/h3-9,11-12H,10H2,1-2H3. The second-order valence-corrected chi connectivity index (χ2v) is 5.74. The molecule has 0 aliphatic carbocycles. The number of carbonyl (C=O) groups excluding carboxylic acids is 1. The third-order valence-electron chi connectivity index (χ3n) is 3.26. The van der Waals surface area contributed by atoms with Gasteiger partial charge in [-0.05, 0) is 36.2 Å². The Kier molecular flexibility index (Phi) is 4.96. The second-order valence-electron chi connectivity index (χ2n) is 4.83. The Morgan fingerprint density at radius 1 is 1.20 bits per heavy atom. The van der Waals surface area contributed by atoms with E-state index < -0.39 is 0 Å². The van der Waals surface area contributed by atoms with Crippen LogP contribution in [0.4, 0.5) is 0 Å². The summed E-state index contributed by atoms with van der Waals surface area (Å²) in [4.78, 5) is 12.4.